The molecule has 7 nitrogen and oxygen atoms in total. The Balaban J connectivity index is 1.76. The lowest BCUT2D eigenvalue weighted by atomic mass is 9.96. The van der Waals surface area contributed by atoms with Crippen molar-refractivity contribution in [3.63, 3.8) is 0 Å². The lowest BCUT2D eigenvalue weighted by molar-refractivity contribution is -0.140. The number of ketones is 1. The Morgan fingerprint density at radius 3 is 2.69 bits per heavy atom. The van der Waals surface area contributed by atoms with Crippen molar-refractivity contribution in [2.24, 2.45) is 0 Å². The molecule has 0 spiro atoms. The number of aliphatic hydroxyl groups excluding tert-OH is 1. The molecule has 1 N–H and O–H groups in total. The van der Waals surface area contributed by atoms with E-state index in [9.17, 15) is 14.7 Å². The number of aromatic nitrogens is 1. The van der Waals surface area contributed by atoms with Gasteiger partial charge in [0, 0.05) is 18.0 Å². The second-order valence-corrected chi connectivity index (χ2v) is 7.52. The predicted molar refractivity (Wildman–Crippen MR) is 118 cm³/mol. The lowest BCUT2D eigenvalue weighted by Crippen LogP contribution is -2.29. The number of furan rings is 1. The fourth-order valence-corrected chi connectivity index (χ4v) is 3.73. The number of pyridine rings is 1. The van der Waals surface area contributed by atoms with Crippen LogP contribution in [-0.4, -0.2) is 33.3 Å². The molecule has 0 saturated carbocycles. The highest BCUT2D eigenvalue weighted by Gasteiger charge is 2.46. The summed E-state index contributed by atoms with van der Waals surface area (Å²) in [5, 5.41) is 11.2. The van der Waals surface area contributed by atoms with E-state index >= 15 is 0 Å². The van der Waals surface area contributed by atoms with Crippen molar-refractivity contribution in [1.29, 1.82) is 0 Å². The Bertz CT molecular complexity index is 1120. The molecule has 0 radical (unpaired) electrons. The summed E-state index contributed by atoms with van der Waals surface area (Å²) >= 11 is 0. The van der Waals surface area contributed by atoms with Gasteiger partial charge >= 0.3 is 0 Å². The first kappa shape index (κ1) is 21.4. The highest BCUT2D eigenvalue weighted by Crippen LogP contribution is 2.40. The first-order chi connectivity index (χ1) is 15.6. The normalized spacial score (nSPS) is 17.7. The summed E-state index contributed by atoms with van der Waals surface area (Å²) < 4.78 is 11.1. The molecule has 1 atom stereocenters. The molecular weight excluding hydrogens is 408 g/mol. The molecular formula is C25H24N2O5. The highest BCUT2D eigenvalue weighted by molar-refractivity contribution is 6.46. The van der Waals surface area contributed by atoms with E-state index in [1.54, 1.807) is 60.9 Å². The van der Waals surface area contributed by atoms with Gasteiger partial charge in [-0.3, -0.25) is 14.6 Å². The van der Waals surface area contributed by atoms with Gasteiger partial charge in [0.15, 0.2) is 0 Å². The van der Waals surface area contributed by atoms with Crippen molar-refractivity contribution in [3.8, 4) is 5.75 Å². The SMILES string of the molecule is CCCCOc1cccc(C(O)=C2C(=O)C(=O)N(Cc3ccco3)C2c2ccncc2)c1. The zero-order valence-corrected chi connectivity index (χ0v) is 17.7. The Kier molecular flexibility index (Phi) is 6.35. The average molecular weight is 432 g/mol. The van der Waals surface area contributed by atoms with Gasteiger partial charge in [-0.05, 0) is 48.4 Å². The molecule has 1 aromatic carbocycles. The molecule has 164 valence electrons. The number of carbonyl (C=O) groups excluding carboxylic acids is 2. The molecule has 0 aliphatic carbocycles. The minimum Gasteiger partial charge on any atom is -0.507 e. The summed E-state index contributed by atoms with van der Waals surface area (Å²) in [4.78, 5) is 31.4. The number of benzene rings is 1. The number of likely N-dealkylation sites (tertiary alicyclic amines) is 1. The molecule has 1 unspecified atom stereocenters. The summed E-state index contributed by atoms with van der Waals surface area (Å²) in [5.41, 5.74) is 1.11. The maximum atomic E-state index is 13.1. The van der Waals surface area contributed by atoms with Gasteiger partial charge < -0.3 is 19.2 Å². The average Bonchev–Trinajstić information content (AvgIpc) is 3.42. The minimum absolute atomic E-state index is 0.0264. The van der Waals surface area contributed by atoms with Gasteiger partial charge in [0.25, 0.3) is 11.7 Å². The number of Topliss-reactive ketones (excluding diaryl/α,β-unsaturated/α-hetero) is 1. The largest absolute Gasteiger partial charge is 0.507 e. The zero-order chi connectivity index (χ0) is 22.5. The third-order valence-electron chi connectivity index (χ3n) is 5.34. The maximum absolute atomic E-state index is 13.1. The van der Waals surface area contributed by atoms with Gasteiger partial charge in [-0.1, -0.05) is 25.5 Å². The van der Waals surface area contributed by atoms with Gasteiger partial charge in [-0.15, -0.1) is 0 Å². The number of carbonyl (C=O) groups is 2. The lowest BCUT2D eigenvalue weighted by Gasteiger charge is -2.24. The molecule has 3 heterocycles. The standard InChI is InChI=1S/C25H24N2O5/c1-2-3-13-31-19-7-4-6-18(15-19)23(28)21-22(17-9-11-26-12-10-17)27(25(30)24(21)29)16-20-8-5-14-32-20/h4-12,14-15,22,28H,2-3,13,16H2,1H3. The van der Waals surface area contributed by atoms with Crippen LogP contribution in [0.2, 0.25) is 0 Å². The first-order valence-electron chi connectivity index (χ1n) is 10.5. The number of ether oxygens (including phenoxy) is 1. The van der Waals surface area contributed by atoms with Crippen molar-refractivity contribution in [1.82, 2.24) is 9.88 Å². The molecule has 1 saturated heterocycles. The van der Waals surface area contributed by atoms with Crippen LogP contribution in [0.15, 0.2) is 77.2 Å². The Labute approximate surface area is 186 Å². The van der Waals surface area contributed by atoms with Crippen LogP contribution in [0, 0.1) is 0 Å². The second-order valence-electron chi connectivity index (χ2n) is 7.52. The number of aliphatic hydroxyl groups is 1. The van der Waals surface area contributed by atoms with E-state index in [-0.39, 0.29) is 17.9 Å². The van der Waals surface area contributed by atoms with E-state index in [0.29, 0.717) is 29.2 Å². The van der Waals surface area contributed by atoms with Crippen LogP contribution in [0.3, 0.4) is 0 Å². The number of rotatable bonds is 8. The highest BCUT2D eigenvalue weighted by atomic mass is 16.5. The van der Waals surface area contributed by atoms with E-state index in [1.807, 2.05) is 0 Å². The van der Waals surface area contributed by atoms with Crippen LogP contribution < -0.4 is 4.74 Å². The summed E-state index contributed by atoms with van der Waals surface area (Å²) in [7, 11) is 0. The molecule has 2 aromatic heterocycles. The van der Waals surface area contributed by atoms with Crippen LogP contribution in [0.5, 0.6) is 5.75 Å². The van der Waals surface area contributed by atoms with Gasteiger partial charge in [0.1, 0.15) is 17.3 Å². The van der Waals surface area contributed by atoms with Gasteiger partial charge in [-0.2, -0.15) is 0 Å². The predicted octanol–water partition coefficient (Wildman–Crippen LogP) is 4.48. The van der Waals surface area contributed by atoms with E-state index in [1.165, 1.54) is 11.2 Å². The van der Waals surface area contributed by atoms with Gasteiger partial charge in [-0.25, -0.2) is 0 Å². The van der Waals surface area contributed by atoms with Crippen molar-refractivity contribution in [3.05, 3.63) is 89.6 Å². The molecule has 3 aromatic rings. The molecule has 1 aliphatic heterocycles. The Hall–Kier alpha value is -3.87. The van der Waals surface area contributed by atoms with Gasteiger partial charge in [0.05, 0.1) is 31.0 Å². The minimum atomic E-state index is -0.771. The van der Waals surface area contributed by atoms with E-state index in [2.05, 4.69) is 11.9 Å². The van der Waals surface area contributed by atoms with E-state index < -0.39 is 17.7 Å². The number of amides is 1. The van der Waals surface area contributed by atoms with Crippen molar-refractivity contribution in [2.45, 2.75) is 32.4 Å². The van der Waals surface area contributed by atoms with Crippen molar-refractivity contribution in [2.75, 3.05) is 6.61 Å². The molecule has 4 rings (SSSR count). The Morgan fingerprint density at radius 2 is 1.97 bits per heavy atom. The van der Waals surface area contributed by atoms with Crippen LogP contribution >= 0.6 is 0 Å². The van der Waals surface area contributed by atoms with Crippen molar-refractivity contribution < 1.29 is 23.8 Å². The smallest absolute Gasteiger partial charge is 0.296 e. The molecule has 1 amide bonds. The third-order valence-corrected chi connectivity index (χ3v) is 5.34. The van der Waals surface area contributed by atoms with Crippen LogP contribution in [0.1, 0.15) is 42.7 Å². The van der Waals surface area contributed by atoms with Crippen LogP contribution in [0.4, 0.5) is 0 Å². The van der Waals surface area contributed by atoms with Crippen molar-refractivity contribution >= 4 is 17.4 Å². The topological polar surface area (TPSA) is 92.9 Å². The number of hydrogen-bond donors (Lipinski definition) is 1. The maximum Gasteiger partial charge on any atom is 0.296 e. The Morgan fingerprint density at radius 1 is 1.16 bits per heavy atom. The number of nitrogens with zero attached hydrogens (tertiary/aromatic N) is 2. The van der Waals surface area contributed by atoms with Gasteiger partial charge in [0.2, 0.25) is 0 Å². The molecule has 7 heteroatoms. The van der Waals surface area contributed by atoms with Crippen LogP contribution in [0.25, 0.3) is 5.76 Å². The summed E-state index contributed by atoms with van der Waals surface area (Å²) in [6, 6.07) is 13.0. The summed E-state index contributed by atoms with van der Waals surface area (Å²) in [6.45, 7) is 2.74. The monoisotopic (exact) mass is 432 g/mol. The number of hydrogen-bond acceptors (Lipinski definition) is 6. The van der Waals surface area contributed by atoms with Crippen LogP contribution in [-0.2, 0) is 16.1 Å². The zero-order valence-electron chi connectivity index (χ0n) is 17.7. The molecule has 1 fully saturated rings. The fraction of sp³-hybridized carbons (Fsp3) is 0.240. The quantitative estimate of drug-likeness (QED) is 0.244. The molecule has 1 aliphatic rings. The molecule has 0 bridgehead atoms. The summed E-state index contributed by atoms with van der Waals surface area (Å²) in [6.07, 6.45) is 6.60. The number of unbranched alkanes of at least 4 members (excludes halogenated alkanes) is 1. The first-order valence-corrected chi connectivity index (χ1v) is 10.5. The third kappa shape index (κ3) is 4.27. The van der Waals surface area contributed by atoms with E-state index in [4.69, 9.17) is 9.15 Å². The second kappa shape index (κ2) is 9.51. The summed E-state index contributed by atoms with van der Waals surface area (Å²) in [5.74, 6) is -0.550. The van der Waals surface area contributed by atoms with E-state index in [0.717, 1.165) is 12.8 Å². The molecule has 32 heavy (non-hydrogen) atoms. The fourth-order valence-electron chi connectivity index (χ4n) is 3.73.